The number of benzene rings is 2. The van der Waals surface area contributed by atoms with Crippen molar-refractivity contribution in [2.45, 2.75) is 63.8 Å². The zero-order valence-corrected chi connectivity index (χ0v) is 27.6. The van der Waals surface area contributed by atoms with Crippen molar-refractivity contribution in [1.29, 1.82) is 0 Å². The largest absolute Gasteiger partial charge is 0.481 e. The number of ether oxygens (including phenoxy) is 1. The average Bonchev–Trinajstić information content (AvgIpc) is 3.48. The molecule has 3 atom stereocenters. The van der Waals surface area contributed by atoms with Crippen molar-refractivity contribution in [3.05, 3.63) is 87.5 Å². The number of amides is 1. The minimum absolute atomic E-state index is 0.106. The molecule has 8 nitrogen and oxygen atoms in total. The molecule has 0 saturated carbocycles. The predicted octanol–water partition coefficient (Wildman–Crippen LogP) is 6.51. The van der Waals surface area contributed by atoms with Crippen molar-refractivity contribution < 1.29 is 14.6 Å². The number of hydrogen-bond donors (Lipinski definition) is 4. The Labute approximate surface area is 279 Å². The molecule has 2 aromatic heterocycles. The Hall–Kier alpha value is -3.53. The number of nitrogens with zero attached hydrogens (tertiary/aromatic N) is 2. The van der Waals surface area contributed by atoms with Crippen LogP contribution < -0.4 is 20.7 Å². The summed E-state index contributed by atoms with van der Waals surface area (Å²) in [5.41, 5.74) is 7.92. The van der Waals surface area contributed by atoms with Crippen LogP contribution in [0, 0.1) is 0 Å². The van der Waals surface area contributed by atoms with Crippen molar-refractivity contribution in [1.82, 2.24) is 25.9 Å². The lowest BCUT2D eigenvalue weighted by molar-refractivity contribution is -0.119. The van der Waals surface area contributed by atoms with E-state index in [0.717, 1.165) is 64.9 Å². The van der Waals surface area contributed by atoms with Gasteiger partial charge in [-0.25, -0.2) is 4.98 Å². The molecule has 10 heteroatoms. The first-order valence-electron chi connectivity index (χ1n) is 15.9. The third kappa shape index (κ3) is 7.06. The number of aliphatic hydroxyl groups is 1. The number of nitrogens with one attached hydrogen (secondary N) is 3. The zero-order valence-electron chi connectivity index (χ0n) is 26.1. The van der Waals surface area contributed by atoms with Gasteiger partial charge < -0.3 is 25.8 Å². The third-order valence-electron chi connectivity index (χ3n) is 8.71. The summed E-state index contributed by atoms with van der Waals surface area (Å²) in [4.78, 5) is 21.3. The molecule has 4 N–H and O–H groups in total. The maximum absolute atomic E-state index is 11.5. The van der Waals surface area contributed by atoms with Crippen LogP contribution in [0.1, 0.15) is 55.5 Å². The first-order chi connectivity index (χ1) is 22.3. The number of fused-ring (bicyclic) bond motifs is 1. The van der Waals surface area contributed by atoms with E-state index in [9.17, 15) is 9.90 Å². The van der Waals surface area contributed by atoms with Gasteiger partial charge in [0.1, 0.15) is 0 Å². The second-order valence-electron chi connectivity index (χ2n) is 12.1. The van der Waals surface area contributed by atoms with Crippen molar-refractivity contribution in [3.63, 3.8) is 0 Å². The molecule has 0 spiro atoms. The lowest BCUT2D eigenvalue weighted by Gasteiger charge is -2.27. The minimum atomic E-state index is -0.400. The number of rotatable bonds is 11. The van der Waals surface area contributed by atoms with Crippen LogP contribution in [0.4, 0.5) is 0 Å². The quantitative estimate of drug-likeness (QED) is 0.145. The molecule has 1 amide bonds. The molecule has 3 heterocycles. The molecular weight excluding hydrogens is 621 g/mol. The fraction of sp³-hybridized carbons (Fsp3) is 0.361. The molecule has 6 rings (SSSR count). The Morgan fingerprint density at radius 3 is 2.26 bits per heavy atom. The van der Waals surface area contributed by atoms with E-state index in [1.807, 2.05) is 54.6 Å². The first kappa shape index (κ1) is 32.4. The Kier molecular flexibility index (Phi) is 10.2. The molecule has 1 saturated heterocycles. The standard InChI is InChI=1S/C36H39Cl2N5O3/c1-21(44)18-40-29-10-5-11-30-26(29)14-16-31(42-30)27-8-3-6-24(34(27)37)25-7-4-9-28(35(25)38)32-15-12-22(36(43-32)46-2)19-39-20-23-13-17-33(45)41-23/h3-4,6-9,12,14-16,21,23,29,39-40,44H,5,10-11,13,17-20H2,1-2H3,(H,41,45)/t21-,23-,29-/m1/s1. The summed E-state index contributed by atoms with van der Waals surface area (Å²) in [7, 11) is 1.61. The van der Waals surface area contributed by atoms with E-state index >= 15 is 0 Å². The van der Waals surface area contributed by atoms with Crippen LogP contribution in [0.25, 0.3) is 33.6 Å². The van der Waals surface area contributed by atoms with E-state index in [4.69, 9.17) is 37.9 Å². The Balaban J connectivity index is 1.25. The third-order valence-corrected chi connectivity index (χ3v) is 9.53. The van der Waals surface area contributed by atoms with Gasteiger partial charge in [-0.05, 0) is 50.3 Å². The summed E-state index contributed by atoms with van der Waals surface area (Å²) in [6, 6.07) is 20.2. The van der Waals surface area contributed by atoms with Gasteiger partial charge in [0, 0.05) is 71.6 Å². The average molecular weight is 661 g/mol. The monoisotopic (exact) mass is 659 g/mol. The van der Waals surface area contributed by atoms with Gasteiger partial charge in [-0.3, -0.25) is 9.78 Å². The Bertz CT molecular complexity index is 1730. The van der Waals surface area contributed by atoms with Crippen LogP contribution >= 0.6 is 23.2 Å². The summed E-state index contributed by atoms with van der Waals surface area (Å²) in [5.74, 6) is 0.623. The highest BCUT2D eigenvalue weighted by Crippen LogP contribution is 2.42. The highest BCUT2D eigenvalue weighted by atomic mass is 35.5. The lowest BCUT2D eigenvalue weighted by Crippen LogP contribution is -2.35. The van der Waals surface area contributed by atoms with Crippen molar-refractivity contribution >= 4 is 29.1 Å². The van der Waals surface area contributed by atoms with Crippen LogP contribution in [0.2, 0.25) is 10.0 Å². The molecule has 1 fully saturated rings. The number of halogens is 2. The number of carbonyl (C=O) groups is 1. The summed E-state index contributed by atoms with van der Waals surface area (Å²) in [6.45, 7) is 3.59. The zero-order chi connectivity index (χ0) is 32.2. The smallest absolute Gasteiger partial charge is 0.220 e. The predicted molar refractivity (Wildman–Crippen MR) is 183 cm³/mol. The number of aryl methyl sites for hydroxylation is 1. The van der Waals surface area contributed by atoms with Crippen LogP contribution in [-0.4, -0.2) is 53.3 Å². The Morgan fingerprint density at radius 2 is 1.61 bits per heavy atom. The summed E-state index contributed by atoms with van der Waals surface area (Å²) in [6.07, 6.45) is 3.99. The van der Waals surface area contributed by atoms with Gasteiger partial charge in [0.25, 0.3) is 0 Å². The van der Waals surface area contributed by atoms with Crippen LogP contribution in [0.5, 0.6) is 5.88 Å². The molecule has 0 unspecified atom stereocenters. The van der Waals surface area contributed by atoms with Gasteiger partial charge >= 0.3 is 0 Å². The topological polar surface area (TPSA) is 108 Å². The number of carbonyl (C=O) groups excluding carboxylic acids is 1. The van der Waals surface area contributed by atoms with Gasteiger partial charge in [-0.2, -0.15) is 0 Å². The van der Waals surface area contributed by atoms with E-state index in [-0.39, 0.29) is 18.0 Å². The van der Waals surface area contributed by atoms with E-state index in [1.54, 1.807) is 14.0 Å². The SMILES string of the molecule is COc1nc(-c2cccc(-c3cccc(-c4ccc5c(n4)CCC[C@H]5NC[C@@H](C)O)c3Cl)c2Cl)ccc1CNC[C@H]1CCC(=O)N1. The van der Waals surface area contributed by atoms with Crippen molar-refractivity contribution in [3.8, 4) is 39.5 Å². The van der Waals surface area contributed by atoms with E-state index in [0.29, 0.717) is 47.7 Å². The molecule has 46 heavy (non-hydrogen) atoms. The number of pyridine rings is 2. The molecule has 2 aliphatic rings. The highest BCUT2D eigenvalue weighted by Gasteiger charge is 2.24. The number of hydrogen-bond acceptors (Lipinski definition) is 7. The maximum Gasteiger partial charge on any atom is 0.220 e. The van der Waals surface area contributed by atoms with Gasteiger partial charge in [0.05, 0.1) is 34.6 Å². The molecule has 1 aliphatic heterocycles. The fourth-order valence-electron chi connectivity index (χ4n) is 6.35. The molecular formula is C36H39Cl2N5O3. The second-order valence-corrected chi connectivity index (χ2v) is 12.8. The molecule has 0 bridgehead atoms. The summed E-state index contributed by atoms with van der Waals surface area (Å²) >= 11 is 14.2. The van der Waals surface area contributed by atoms with Crippen LogP contribution in [-0.2, 0) is 17.8 Å². The maximum atomic E-state index is 11.5. The summed E-state index contributed by atoms with van der Waals surface area (Å²) < 4.78 is 5.65. The molecule has 1 aliphatic carbocycles. The second kappa shape index (κ2) is 14.5. The number of aliphatic hydroxyl groups excluding tert-OH is 1. The lowest BCUT2D eigenvalue weighted by atomic mass is 9.90. The van der Waals surface area contributed by atoms with E-state index < -0.39 is 6.10 Å². The summed E-state index contributed by atoms with van der Waals surface area (Å²) in [5, 5.41) is 20.7. The van der Waals surface area contributed by atoms with Crippen molar-refractivity contribution in [2.75, 3.05) is 20.2 Å². The molecule has 2 aromatic carbocycles. The van der Waals surface area contributed by atoms with Gasteiger partial charge in [0.15, 0.2) is 0 Å². The Morgan fingerprint density at radius 1 is 0.935 bits per heavy atom. The number of methoxy groups -OCH3 is 1. The van der Waals surface area contributed by atoms with Gasteiger partial charge in [0.2, 0.25) is 11.8 Å². The minimum Gasteiger partial charge on any atom is -0.481 e. The first-order valence-corrected chi connectivity index (χ1v) is 16.6. The fourth-order valence-corrected chi connectivity index (χ4v) is 7.00. The normalized spacial score (nSPS) is 18.2. The van der Waals surface area contributed by atoms with E-state index in [1.165, 1.54) is 5.56 Å². The van der Waals surface area contributed by atoms with Crippen molar-refractivity contribution in [2.24, 2.45) is 0 Å². The molecule has 240 valence electrons. The number of aromatic nitrogens is 2. The van der Waals surface area contributed by atoms with Gasteiger partial charge in [-0.15, -0.1) is 0 Å². The van der Waals surface area contributed by atoms with E-state index in [2.05, 4.69) is 22.0 Å². The molecule has 4 aromatic rings. The highest BCUT2D eigenvalue weighted by molar-refractivity contribution is 6.39. The molecule has 0 radical (unpaired) electrons. The van der Waals surface area contributed by atoms with Gasteiger partial charge in [-0.1, -0.05) is 71.7 Å². The van der Waals surface area contributed by atoms with Crippen LogP contribution in [0.3, 0.4) is 0 Å². The van der Waals surface area contributed by atoms with Crippen LogP contribution in [0.15, 0.2) is 60.7 Å².